The van der Waals surface area contributed by atoms with Crippen molar-refractivity contribution in [2.45, 2.75) is 64.1 Å². The van der Waals surface area contributed by atoms with E-state index in [1.54, 1.807) is 39.5 Å². The molecule has 1 atom stereocenters. The Balaban J connectivity index is 2.62. The molecule has 0 amide bonds. The highest BCUT2D eigenvalue weighted by Gasteiger charge is 2.28. The van der Waals surface area contributed by atoms with Crippen LogP contribution in [0.4, 0.5) is 0 Å². The fourth-order valence-electron chi connectivity index (χ4n) is 3.13. The zero-order chi connectivity index (χ0) is 25.2. The lowest BCUT2D eigenvalue weighted by Crippen LogP contribution is -2.43. The van der Waals surface area contributed by atoms with Gasteiger partial charge in [0.15, 0.2) is 28.1 Å². The number of carbonyl (C=O) groups is 1. The molecule has 0 aliphatic carbocycles. The van der Waals surface area contributed by atoms with Crippen LogP contribution in [-0.4, -0.2) is 66.0 Å². The van der Waals surface area contributed by atoms with E-state index in [0.29, 0.717) is 29.4 Å². The maximum absolute atomic E-state index is 12.2. The number of ether oxygens (including phenoxy) is 4. The van der Waals surface area contributed by atoms with Crippen LogP contribution in [0.1, 0.15) is 18.9 Å². The topological polar surface area (TPSA) is 72.5 Å². The van der Waals surface area contributed by atoms with Crippen LogP contribution in [0, 0.1) is 0 Å². The lowest BCUT2D eigenvalue weighted by atomic mass is 10.1. The van der Waals surface area contributed by atoms with Crippen LogP contribution in [0.5, 0.6) is 17.2 Å². The molecule has 7 nitrogen and oxygen atoms in total. The molecule has 0 bridgehead atoms. The molecular weight excluding hydrogens is 473 g/mol. The molecule has 0 saturated heterocycles. The number of methoxy groups -OCH3 is 3. The first kappa shape index (κ1) is 29.4. The van der Waals surface area contributed by atoms with Gasteiger partial charge in [-0.3, -0.25) is 0 Å². The van der Waals surface area contributed by atoms with Crippen LogP contribution in [0.3, 0.4) is 0 Å². The Morgan fingerprint density at radius 2 is 1.45 bits per heavy atom. The highest BCUT2D eigenvalue weighted by molar-refractivity contribution is 6.71. The van der Waals surface area contributed by atoms with E-state index in [4.69, 9.17) is 27.8 Å². The minimum Gasteiger partial charge on any atom is -0.493 e. The molecule has 0 saturated carbocycles. The van der Waals surface area contributed by atoms with Crippen molar-refractivity contribution in [3.63, 3.8) is 0 Å². The summed E-state index contributed by atoms with van der Waals surface area (Å²) >= 11 is 0. The number of rotatable bonds is 14. The Morgan fingerprint density at radius 1 is 0.939 bits per heavy atom. The van der Waals surface area contributed by atoms with Crippen molar-refractivity contribution in [2.75, 3.05) is 27.9 Å². The molecule has 0 fully saturated rings. The largest absolute Gasteiger partial charge is 0.493 e. The summed E-state index contributed by atoms with van der Waals surface area (Å²) in [7, 11) is 0.628. The molecule has 188 valence electrons. The van der Waals surface area contributed by atoms with Gasteiger partial charge in [-0.15, -0.1) is 0 Å². The van der Waals surface area contributed by atoms with Gasteiger partial charge in [-0.2, -0.15) is 0 Å². The maximum atomic E-state index is 12.2. The Morgan fingerprint density at radius 3 is 1.88 bits per heavy atom. The minimum absolute atomic E-state index is 0.0611. The summed E-state index contributed by atoms with van der Waals surface area (Å²) in [6.45, 7) is 15.7. The monoisotopic (exact) mass is 514 g/mol. The summed E-state index contributed by atoms with van der Waals surface area (Å²) in [5.41, 5.74) is 1.19. The molecule has 0 aromatic heterocycles. The molecule has 0 N–H and O–H groups in total. The third-order valence-electron chi connectivity index (χ3n) is 4.52. The normalized spacial score (nSPS) is 13.7. The molecule has 0 spiro atoms. The zero-order valence-corrected chi connectivity index (χ0v) is 25.4. The lowest BCUT2D eigenvalue weighted by Gasteiger charge is -2.33. The Labute approximate surface area is 203 Å². The number of esters is 1. The third kappa shape index (κ3) is 11.9. The Kier molecular flexibility index (Phi) is 11.9. The first-order chi connectivity index (χ1) is 15.3. The molecule has 1 aromatic rings. The van der Waals surface area contributed by atoms with Crippen molar-refractivity contribution in [3.8, 4) is 17.2 Å². The van der Waals surface area contributed by atoms with E-state index in [-0.39, 0.29) is 11.9 Å². The average molecular weight is 515 g/mol. The molecule has 1 rings (SSSR count). The summed E-state index contributed by atoms with van der Waals surface area (Å²) in [4.78, 5) is 12.2. The van der Waals surface area contributed by atoms with Gasteiger partial charge < -0.3 is 27.8 Å². The second-order valence-electron chi connectivity index (χ2n) is 9.98. The molecule has 1 unspecified atom stereocenters. The summed E-state index contributed by atoms with van der Waals surface area (Å²) < 4.78 is 34.1. The van der Waals surface area contributed by atoms with Crippen molar-refractivity contribution in [3.05, 3.63) is 23.8 Å². The van der Waals surface area contributed by atoms with E-state index in [2.05, 4.69) is 46.2 Å². The van der Waals surface area contributed by atoms with Gasteiger partial charge in [-0.05, 0) is 75.0 Å². The van der Waals surface area contributed by atoms with E-state index in [9.17, 15) is 4.79 Å². The minimum atomic E-state index is -1.69. The van der Waals surface area contributed by atoms with Crippen molar-refractivity contribution in [1.82, 2.24) is 0 Å². The first-order valence-electron chi connectivity index (χ1n) is 11.3. The van der Waals surface area contributed by atoms with Gasteiger partial charge in [-0.25, -0.2) is 4.79 Å². The fraction of sp³-hybridized carbons (Fsp3) is 0.609. The van der Waals surface area contributed by atoms with E-state index < -0.39 is 26.2 Å². The summed E-state index contributed by atoms with van der Waals surface area (Å²) in [6.07, 6.45) is 3.88. The number of carbonyl (C=O) groups excluding carboxylic acids is 1. The van der Waals surface area contributed by atoms with Crippen molar-refractivity contribution in [1.29, 1.82) is 0 Å². The molecule has 0 radical (unpaired) electrons. The summed E-state index contributed by atoms with van der Waals surface area (Å²) in [5.74, 6) is 1.12. The Hall–Kier alpha value is -1.60. The molecular formula is C23H42O7Si3. The van der Waals surface area contributed by atoms with Gasteiger partial charge in [0, 0.05) is 6.08 Å². The SMILES string of the molecule is COc1cc(C=CC(=O)OCCC(C)[SiH2]C(O[Si](C)(C)C)O[Si](C)(C)C)cc(OC)c1OC. The number of benzene rings is 1. The van der Waals surface area contributed by atoms with E-state index in [1.807, 2.05) is 0 Å². The lowest BCUT2D eigenvalue weighted by molar-refractivity contribution is -0.137. The zero-order valence-electron chi connectivity index (χ0n) is 21.9. The second kappa shape index (κ2) is 13.3. The van der Waals surface area contributed by atoms with E-state index >= 15 is 0 Å². The predicted octanol–water partition coefficient (Wildman–Crippen LogP) is 4.62. The summed E-state index contributed by atoms with van der Waals surface area (Å²) in [6, 6.07) is 3.55. The molecule has 0 aliphatic heterocycles. The van der Waals surface area contributed by atoms with E-state index in [1.165, 1.54) is 6.08 Å². The quantitative estimate of drug-likeness (QED) is 0.155. The summed E-state index contributed by atoms with van der Waals surface area (Å²) in [5, 5.41) is 0. The Bertz CT molecular complexity index is 744. The average Bonchev–Trinajstić information content (AvgIpc) is 2.68. The van der Waals surface area contributed by atoms with Crippen LogP contribution in [0.15, 0.2) is 18.2 Å². The van der Waals surface area contributed by atoms with Crippen molar-refractivity contribution in [2.24, 2.45) is 0 Å². The smallest absolute Gasteiger partial charge is 0.330 e. The predicted molar refractivity (Wildman–Crippen MR) is 141 cm³/mol. The van der Waals surface area contributed by atoms with Crippen LogP contribution < -0.4 is 14.2 Å². The number of hydrogen-bond donors (Lipinski definition) is 0. The molecule has 0 aliphatic rings. The van der Waals surface area contributed by atoms with Gasteiger partial charge in [-0.1, -0.05) is 6.92 Å². The maximum Gasteiger partial charge on any atom is 0.330 e. The van der Waals surface area contributed by atoms with Gasteiger partial charge in [0.2, 0.25) is 5.75 Å². The number of hydrogen-bond acceptors (Lipinski definition) is 7. The highest BCUT2D eigenvalue weighted by atomic mass is 28.4. The highest BCUT2D eigenvalue weighted by Crippen LogP contribution is 2.38. The van der Waals surface area contributed by atoms with E-state index in [0.717, 1.165) is 12.0 Å². The second-order valence-corrected chi connectivity index (χ2v) is 21.4. The van der Waals surface area contributed by atoms with Crippen molar-refractivity contribution < 1.29 is 32.6 Å². The van der Waals surface area contributed by atoms with Gasteiger partial charge in [0.25, 0.3) is 0 Å². The molecule has 1 aromatic carbocycles. The standard InChI is InChI=1S/C23H42O7Si3/c1-17(31-23(29-32(5,6)7)30-33(8,9)10)13-14-28-21(24)12-11-18-15-19(25-2)22(27-4)20(16-18)26-3/h11-12,15-17,23H,13-14,31H2,1-10H3. The third-order valence-corrected chi connectivity index (χ3v) is 9.06. The van der Waals surface area contributed by atoms with Crippen molar-refractivity contribution >= 4 is 38.2 Å². The molecule has 10 heteroatoms. The van der Waals surface area contributed by atoms with Crippen LogP contribution in [0.2, 0.25) is 44.8 Å². The van der Waals surface area contributed by atoms with Gasteiger partial charge in [0.1, 0.15) is 5.91 Å². The molecule has 0 heterocycles. The van der Waals surface area contributed by atoms with Gasteiger partial charge >= 0.3 is 5.97 Å². The first-order valence-corrected chi connectivity index (χ1v) is 19.7. The fourth-order valence-corrected chi connectivity index (χ4v) is 9.73. The van der Waals surface area contributed by atoms with Gasteiger partial charge in [0.05, 0.1) is 37.5 Å². The van der Waals surface area contributed by atoms with Crippen LogP contribution >= 0.6 is 0 Å². The molecule has 33 heavy (non-hydrogen) atoms. The van der Waals surface area contributed by atoms with Crippen LogP contribution in [-0.2, 0) is 18.4 Å². The van der Waals surface area contributed by atoms with Crippen LogP contribution in [0.25, 0.3) is 6.08 Å².